The second-order valence-electron chi connectivity index (χ2n) is 4.61. The summed E-state index contributed by atoms with van der Waals surface area (Å²) < 4.78 is 23.7. The van der Waals surface area contributed by atoms with Crippen molar-refractivity contribution in [3.05, 3.63) is 48.5 Å². The third-order valence-corrected chi connectivity index (χ3v) is 3.81. The van der Waals surface area contributed by atoms with Gasteiger partial charge in [0.05, 0.1) is 11.5 Å². The Balaban J connectivity index is 1.62. The van der Waals surface area contributed by atoms with E-state index < -0.39 is 11.1 Å². The van der Waals surface area contributed by atoms with Gasteiger partial charge in [0.25, 0.3) is 11.1 Å². The third kappa shape index (κ3) is 3.78. The SMILES string of the molecule is C[C@H](Sc1nnc(-c2ccco2)o1)C(=O)Nc1cccc(F)c1. The summed E-state index contributed by atoms with van der Waals surface area (Å²) in [5.74, 6) is -0.00194. The van der Waals surface area contributed by atoms with Crippen LogP contribution in [0, 0.1) is 5.82 Å². The molecule has 3 rings (SSSR count). The second kappa shape index (κ2) is 6.66. The molecule has 0 aliphatic heterocycles. The lowest BCUT2D eigenvalue weighted by molar-refractivity contribution is -0.115. The molecule has 8 heteroatoms. The highest BCUT2D eigenvalue weighted by atomic mass is 32.2. The summed E-state index contributed by atoms with van der Waals surface area (Å²) in [5.41, 5.74) is 0.393. The van der Waals surface area contributed by atoms with Gasteiger partial charge in [0.1, 0.15) is 5.82 Å². The summed E-state index contributed by atoms with van der Waals surface area (Å²) in [6.45, 7) is 1.69. The van der Waals surface area contributed by atoms with Crippen LogP contribution in [0.15, 0.2) is 56.7 Å². The lowest BCUT2D eigenvalue weighted by Gasteiger charge is -2.09. The van der Waals surface area contributed by atoms with E-state index >= 15 is 0 Å². The fourth-order valence-electron chi connectivity index (χ4n) is 1.77. The molecule has 2 aromatic heterocycles. The number of hydrogen-bond acceptors (Lipinski definition) is 6. The molecule has 0 aliphatic carbocycles. The summed E-state index contributed by atoms with van der Waals surface area (Å²) in [7, 11) is 0. The van der Waals surface area contributed by atoms with Crippen molar-refractivity contribution in [2.75, 3.05) is 5.32 Å². The summed E-state index contributed by atoms with van der Waals surface area (Å²) in [6, 6.07) is 9.10. The number of furan rings is 1. The Kier molecular flexibility index (Phi) is 4.42. The number of carbonyl (C=O) groups is 1. The Morgan fingerprint density at radius 2 is 2.17 bits per heavy atom. The molecule has 0 bridgehead atoms. The maximum atomic E-state index is 13.1. The molecule has 0 unspecified atom stereocenters. The van der Waals surface area contributed by atoms with Crippen molar-refractivity contribution in [2.45, 2.75) is 17.4 Å². The van der Waals surface area contributed by atoms with Gasteiger partial charge >= 0.3 is 0 Å². The minimum absolute atomic E-state index is 0.246. The van der Waals surface area contributed by atoms with Crippen LogP contribution in [0.2, 0.25) is 0 Å². The fraction of sp³-hybridized carbons (Fsp3) is 0.133. The Labute approximate surface area is 135 Å². The number of benzene rings is 1. The first-order valence-electron chi connectivity index (χ1n) is 6.72. The lowest BCUT2D eigenvalue weighted by Crippen LogP contribution is -2.22. The highest BCUT2D eigenvalue weighted by molar-refractivity contribution is 8.00. The maximum Gasteiger partial charge on any atom is 0.284 e. The van der Waals surface area contributed by atoms with Crippen LogP contribution in [-0.2, 0) is 4.79 Å². The fourth-order valence-corrected chi connectivity index (χ4v) is 2.46. The van der Waals surface area contributed by atoms with E-state index in [0.717, 1.165) is 11.8 Å². The van der Waals surface area contributed by atoms with E-state index in [9.17, 15) is 9.18 Å². The molecule has 3 aromatic rings. The van der Waals surface area contributed by atoms with Gasteiger partial charge in [-0.15, -0.1) is 10.2 Å². The molecule has 6 nitrogen and oxygen atoms in total. The summed E-state index contributed by atoms with van der Waals surface area (Å²) in [4.78, 5) is 12.1. The zero-order valence-corrected chi connectivity index (χ0v) is 12.8. The van der Waals surface area contributed by atoms with Crippen LogP contribution < -0.4 is 5.32 Å². The van der Waals surface area contributed by atoms with E-state index in [0.29, 0.717) is 11.4 Å². The molecule has 1 aromatic carbocycles. The summed E-state index contributed by atoms with van der Waals surface area (Å²) in [6.07, 6.45) is 1.50. The first-order valence-corrected chi connectivity index (χ1v) is 7.60. The second-order valence-corrected chi connectivity index (χ2v) is 5.90. The first-order chi connectivity index (χ1) is 11.1. The highest BCUT2D eigenvalue weighted by Crippen LogP contribution is 2.26. The Morgan fingerprint density at radius 3 is 2.91 bits per heavy atom. The van der Waals surface area contributed by atoms with Crippen LogP contribution in [0.25, 0.3) is 11.7 Å². The van der Waals surface area contributed by atoms with Gasteiger partial charge in [0.15, 0.2) is 5.76 Å². The monoisotopic (exact) mass is 333 g/mol. The number of nitrogens with one attached hydrogen (secondary N) is 1. The average molecular weight is 333 g/mol. The van der Waals surface area contributed by atoms with E-state index in [1.54, 1.807) is 25.1 Å². The normalized spacial score (nSPS) is 12.1. The minimum Gasteiger partial charge on any atom is -0.459 e. The molecule has 1 atom stereocenters. The van der Waals surface area contributed by atoms with Crippen LogP contribution in [0.1, 0.15) is 6.92 Å². The van der Waals surface area contributed by atoms with Crippen molar-refractivity contribution in [1.82, 2.24) is 10.2 Å². The zero-order chi connectivity index (χ0) is 16.2. The van der Waals surface area contributed by atoms with Crippen molar-refractivity contribution >= 4 is 23.4 Å². The number of thioether (sulfide) groups is 1. The molecule has 1 amide bonds. The molecule has 0 fully saturated rings. The molecule has 0 aliphatic rings. The molecule has 2 heterocycles. The Morgan fingerprint density at radius 1 is 1.30 bits per heavy atom. The van der Waals surface area contributed by atoms with Gasteiger partial charge in [-0.05, 0) is 37.3 Å². The minimum atomic E-state index is -0.497. The van der Waals surface area contributed by atoms with Crippen molar-refractivity contribution in [3.63, 3.8) is 0 Å². The number of aromatic nitrogens is 2. The van der Waals surface area contributed by atoms with Gasteiger partial charge < -0.3 is 14.2 Å². The Hall–Kier alpha value is -2.61. The maximum absolute atomic E-state index is 13.1. The molecular formula is C15H12FN3O3S. The summed E-state index contributed by atoms with van der Waals surface area (Å²) in [5, 5.41) is 10.1. The number of amides is 1. The van der Waals surface area contributed by atoms with Gasteiger partial charge in [0, 0.05) is 5.69 Å². The topological polar surface area (TPSA) is 81.2 Å². The van der Waals surface area contributed by atoms with E-state index in [-0.39, 0.29) is 17.0 Å². The smallest absolute Gasteiger partial charge is 0.284 e. The van der Waals surface area contributed by atoms with Gasteiger partial charge in [-0.25, -0.2) is 4.39 Å². The predicted octanol–water partition coefficient (Wildman–Crippen LogP) is 3.59. The number of nitrogens with zero attached hydrogens (tertiary/aromatic N) is 2. The number of hydrogen-bond donors (Lipinski definition) is 1. The van der Waals surface area contributed by atoms with Gasteiger partial charge in [0.2, 0.25) is 5.91 Å². The number of rotatable bonds is 5. The van der Waals surface area contributed by atoms with Crippen molar-refractivity contribution in [1.29, 1.82) is 0 Å². The molecular weight excluding hydrogens is 321 g/mol. The van der Waals surface area contributed by atoms with E-state index in [1.807, 2.05) is 0 Å². The van der Waals surface area contributed by atoms with Gasteiger partial charge in [-0.2, -0.15) is 0 Å². The molecule has 1 N–H and O–H groups in total. The number of anilines is 1. The molecule has 0 radical (unpaired) electrons. The molecule has 118 valence electrons. The largest absolute Gasteiger partial charge is 0.459 e. The first kappa shape index (κ1) is 15.3. The van der Waals surface area contributed by atoms with Crippen molar-refractivity contribution in [3.8, 4) is 11.7 Å². The van der Waals surface area contributed by atoms with E-state index in [4.69, 9.17) is 8.83 Å². The zero-order valence-electron chi connectivity index (χ0n) is 12.0. The van der Waals surface area contributed by atoms with Crippen molar-refractivity contribution < 1.29 is 18.0 Å². The molecule has 0 saturated heterocycles. The standard InChI is InChI=1S/C15H12FN3O3S/c1-9(13(20)17-11-5-2-4-10(16)8-11)23-15-19-18-14(22-15)12-6-3-7-21-12/h2-9H,1H3,(H,17,20)/t9-/m0/s1. The lowest BCUT2D eigenvalue weighted by atomic mass is 10.3. The van der Waals surface area contributed by atoms with Crippen LogP contribution >= 0.6 is 11.8 Å². The molecule has 0 spiro atoms. The van der Waals surface area contributed by atoms with Gasteiger partial charge in [-0.1, -0.05) is 17.8 Å². The number of halogens is 1. The molecule has 0 saturated carbocycles. The van der Waals surface area contributed by atoms with E-state index in [2.05, 4.69) is 15.5 Å². The van der Waals surface area contributed by atoms with E-state index in [1.165, 1.54) is 24.5 Å². The molecule has 23 heavy (non-hydrogen) atoms. The predicted molar refractivity (Wildman–Crippen MR) is 82.3 cm³/mol. The summed E-state index contributed by atoms with van der Waals surface area (Å²) >= 11 is 1.11. The van der Waals surface area contributed by atoms with Crippen LogP contribution in [-0.4, -0.2) is 21.4 Å². The number of carbonyl (C=O) groups excluding carboxylic acids is 1. The van der Waals surface area contributed by atoms with Crippen LogP contribution in [0.5, 0.6) is 0 Å². The Bertz CT molecular complexity index is 804. The van der Waals surface area contributed by atoms with Crippen molar-refractivity contribution in [2.24, 2.45) is 0 Å². The average Bonchev–Trinajstić information content (AvgIpc) is 3.17. The third-order valence-electron chi connectivity index (χ3n) is 2.88. The highest BCUT2D eigenvalue weighted by Gasteiger charge is 2.19. The van der Waals surface area contributed by atoms with Crippen LogP contribution in [0.4, 0.5) is 10.1 Å². The van der Waals surface area contributed by atoms with Crippen LogP contribution in [0.3, 0.4) is 0 Å². The quantitative estimate of drug-likeness (QED) is 0.719. The van der Waals surface area contributed by atoms with Gasteiger partial charge in [-0.3, -0.25) is 4.79 Å².